The molecule has 196 valence electrons. The molecule has 0 unspecified atom stereocenters. The zero-order chi connectivity index (χ0) is 27.7. The lowest BCUT2D eigenvalue weighted by Gasteiger charge is -2.34. The lowest BCUT2D eigenvalue weighted by atomic mass is 9.67. The molecule has 0 bridgehead atoms. The van der Waals surface area contributed by atoms with Crippen molar-refractivity contribution < 1.29 is 0 Å². The second kappa shape index (κ2) is 9.08. The standard InChI is InChI=1S/C41H26S/c1-3-12-28(13-4-1)41(29-14-5-2-6-15-29)36-20-9-7-16-31(36)32-23-22-27(26-37(32)41)30-24-25-39-40-34(30)18-11-19-35(40)33-17-8-10-21-38(33)42-39/h1-26H. The van der Waals surface area contributed by atoms with Gasteiger partial charge in [-0.25, -0.2) is 0 Å². The van der Waals surface area contributed by atoms with Gasteiger partial charge in [-0.1, -0.05) is 151 Å². The van der Waals surface area contributed by atoms with E-state index in [1.54, 1.807) is 0 Å². The molecule has 1 aliphatic carbocycles. The number of fused-ring (bicyclic) bond motifs is 5. The number of hydrogen-bond donors (Lipinski definition) is 0. The van der Waals surface area contributed by atoms with Crippen molar-refractivity contribution in [2.75, 3.05) is 0 Å². The van der Waals surface area contributed by atoms with Crippen LogP contribution in [-0.4, -0.2) is 0 Å². The average molecular weight is 551 g/mol. The van der Waals surface area contributed by atoms with Gasteiger partial charge in [-0.15, -0.1) is 0 Å². The Morgan fingerprint density at radius 3 is 1.79 bits per heavy atom. The van der Waals surface area contributed by atoms with Gasteiger partial charge in [0.2, 0.25) is 0 Å². The molecule has 0 spiro atoms. The van der Waals surface area contributed by atoms with Gasteiger partial charge in [0.15, 0.2) is 0 Å². The van der Waals surface area contributed by atoms with E-state index in [0.717, 1.165) is 0 Å². The summed E-state index contributed by atoms with van der Waals surface area (Å²) in [7, 11) is 0. The molecule has 7 aromatic rings. The highest BCUT2D eigenvalue weighted by molar-refractivity contribution is 7.99. The molecule has 9 rings (SSSR count). The van der Waals surface area contributed by atoms with Crippen LogP contribution in [0.2, 0.25) is 0 Å². The minimum atomic E-state index is -0.397. The molecule has 0 atom stereocenters. The van der Waals surface area contributed by atoms with Crippen LogP contribution in [0.25, 0.3) is 44.2 Å². The third-order valence-corrected chi connectivity index (χ3v) is 10.3. The van der Waals surface area contributed by atoms with E-state index in [1.807, 2.05) is 11.8 Å². The highest BCUT2D eigenvalue weighted by atomic mass is 32.2. The quantitative estimate of drug-likeness (QED) is 0.211. The second-order valence-corrected chi connectivity index (χ2v) is 12.3. The van der Waals surface area contributed by atoms with Gasteiger partial charge in [-0.05, 0) is 79.2 Å². The lowest BCUT2D eigenvalue weighted by molar-refractivity contribution is 0.769. The molecule has 0 nitrogen and oxygen atoms in total. The Morgan fingerprint density at radius 2 is 1.00 bits per heavy atom. The van der Waals surface area contributed by atoms with Crippen molar-refractivity contribution in [3.8, 4) is 33.4 Å². The van der Waals surface area contributed by atoms with Crippen molar-refractivity contribution in [1.29, 1.82) is 0 Å². The Hall–Kier alpha value is -4.85. The lowest BCUT2D eigenvalue weighted by Crippen LogP contribution is -2.28. The maximum Gasteiger partial charge on any atom is 0.0713 e. The molecule has 0 amide bonds. The summed E-state index contributed by atoms with van der Waals surface area (Å²) in [6.45, 7) is 0. The first-order chi connectivity index (χ1) is 20.8. The minimum absolute atomic E-state index is 0.397. The zero-order valence-corrected chi connectivity index (χ0v) is 23.7. The first-order valence-electron chi connectivity index (χ1n) is 14.5. The molecular weight excluding hydrogens is 525 g/mol. The predicted molar refractivity (Wildman–Crippen MR) is 176 cm³/mol. The molecule has 0 saturated heterocycles. The van der Waals surface area contributed by atoms with Crippen LogP contribution in [-0.2, 0) is 5.41 Å². The Kier molecular flexibility index (Phi) is 5.15. The van der Waals surface area contributed by atoms with Crippen LogP contribution < -0.4 is 0 Å². The number of rotatable bonds is 3. The van der Waals surface area contributed by atoms with E-state index in [4.69, 9.17) is 0 Å². The highest BCUT2D eigenvalue weighted by Gasteiger charge is 2.46. The molecule has 1 heteroatoms. The Morgan fingerprint density at radius 1 is 0.381 bits per heavy atom. The fourth-order valence-electron chi connectivity index (χ4n) is 7.44. The smallest absolute Gasteiger partial charge is 0.0713 e. The molecule has 2 aliphatic rings. The fourth-order valence-corrected chi connectivity index (χ4v) is 8.57. The molecule has 0 saturated carbocycles. The summed E-state index contributed by atoms with van der Waals surface area (Å²) in [6.07, 6.45) is 0. The Bertz CT molecular complexity index is 2120. The van der Waals surface area contributed by atoms with E-state index in [9.17, 15) is 0 Å². The SMILES string of the molecule is c1ccc(C2(c3ccccc3)c3ccccc3-c3ccc(-c4ccc5c6c(cccc46)-c4ccccc4S5)cc32)cc1. The van der Waals surface area contributed by atoms with Gasteiger partial charge in [0.25, 0.3) is 0 Å². The van der Waals surface area contributed by atoms with Crippen molar-refractivity contribution in [1.82, 2.24) is 0 Å². The van der Waals surface area contributed by atoms with E-state index in [2.05, 4.69) is 158 Å². The molecule has 7 aromatic carbocycles. The summed E-state index contributed by atoms with van der Waals surface area (Å²) in [4.78, 5) is 2.66. The summed E-state index contributed by atoms with van der Waals surface area (Å²) in [5.74, 6) is 0. The fraction of sp³-hybridized carbons (Fsp3) is 0.0244. The summed E-state index contributed by atoms with van der Waals surface area (Å²) >= 11 is 1.88. The molecule has 0 N–H and O–H groups in total. The summed E-state index contributed by atoms with van der Waals surface area (Å²) < 4.78 is 0. The molecule has 42 heavy (non-hydrogen) atoms. The third kappa shape index (κ3) is 3.20. The molecule has 1 heterocycles. The van der Waals surface area contributed by atoms with E-state index in [1.165, 1.54) is 76.2 Å². The van der Waals surface area contributed by atoms with E-state index in [-0.39, 0.29) is 0 Å². The van der Waals surface area contributed by atoms with E-state index in [0.29, 0.717) is 0 Å². The largest absolute Gasteiger partial charge is 0.0888 e. The molecule has 0 fully saturated rings. The van der Waals surface area contributed by atoms with Crippen molar-refractivity contribution in [2.45, 2.75) is 15.2 Å². The van der Waals surface area contributed by atoms with Crippen LogP contribution >= 0.6 is 11.8 Å². The predicted octanol–water partition coefficient (Wildman–Crippen LogP) is 11.0. The molecular formula is C41H26S. The van der Waals surface area contributed by atoms with Crippen LogP contribution in [0.15, 0.2) is 168 Å². The van der Waals surface area contributed by atoms with Crippen molar-refractivity contribution >= 4 is 22.5 Å². The average Bonchev–Trinajstić information content (AvgIpc) is 3.36. The maximum absolute atomic E-state index is 2.48. The van der Waals surface area contributed by atoms with E-state index >= 15 is 0 Å². The van der Waals surface area contributed by atoms with Crippen molar-refractivity contribution in [2.24, 2.45) is 0 Å². The molecule has 0 aromatic heterocycles. The molecule has 1 aliphatic heterocycles. The van der Waals surface area contributed by atoms with Gasteiger partial charge in [0.05, 0.1) is 5.41 Å². The third-order valence-electron chi connectivity index (χ3n) is 9.17. The van der Waals surface area contributed by atoms with Crippen molar-refractivity contribution in [3.63, 3.8) is 0 Å². The second-order valence-electron chi connectivity index (χ2n) is 11.2. The van der Waals surface area contributed by atoms with E-state index < -0.39 is 5.41 Å². The minimum Gasteiger partial charge on any atom is -0.0888 e. The topological polar surface area (TPSA) is 0 Å². The van der Waals surface area contributed by atoms with Gasteiger partial charge in [-0.3, -0.25) is 0 Å². The van der Waals surface area contributed by atoms with Crippen LogP contribution in [0.5, 0.6) is 0 Å². The van der Waals surface area contributed by atoms with Gasteiger partial charge in [-0.2, -0.15) is 0 Å². The number of hydrogen-bond acceptors (Lipinski definition) is 1. The van der Waals surface area contributed by atoms with Crippen LogP contribution in [0.3, 0.4) is 0 Å². The summed E-state index contributed by atoms with van der Waals surface area (Å²) in [5.41, 5.74) is 12.7. The highest BCUT2D eigenvalue weighted by Crippen LogP contribution is 2.57. The van der Waals surface area contributed by atoms with Crippen LogP contribution in [0.4, 0.5) is 0 Å². The van der Waals surface area contributed by atoms with Gasteiger partial charge in [0.1, 0.15) is 0 Å². The first-order valence-corrected chi connectivity index (χ1v) is 15.3. The monoisotopic (exact) mass is 550 g/mol. The van der Waals surface area contributed by atoms with Crippen LogP contribution in [0.1, 0.15) is 22.3 Å². The summed E-state index contributed by atoms with van der Waals surface area (Å²) in [5, 5.41) is 2.67. The maximum atomic E-state index is 2.48. The zero-order valence-electron chi connectivity index (χ0n) is 22.9. The Labute approximate surface area is 250 Å². The van der Waals surface area contributed by atoms with Crippen LogP contribution in [0, 0.1) is 0 Å². The normalized spacial score (nSPS) is 13.8. The van der Waals surface area contributed by atoms with Gasteiger partial charge < -0.3 is 0 Å². The number of benzene rings is 7. The van der Waals surface area contributed by atoms with Crippen molar-refractivity contribution in [3.05, 3.63) is 180 Å². The summed E-state index contributed by atoms with van der Waals surface area (Å²) in [6, 6.07) is 58.5. The van der Waals surface area contributed by atoms with Gasteiger partial charge >= 0.3 is 0 Å². The Balaban J connectivity index is 1.34. The first kappa shape index (κ1) is 23.8. The molecule has 0 radical (unpaired) electrons. The van der Waals surface area contributed by atoms with Gasteiger partial charge in [0, 0.05) is 15.2 Å².